The summed E-state index contributed by atoms with van der Waals surface area (Å²) in [7, 11) is 0. The monoisotopic (exact) mass is 238 g/mol. The van der Waals surface area contributed by atoms with Gasteiger partial charge in [-0.15, -0.1) is 12.4 Å². The summed E-state index contributed by atoms with van der Waals surface area (Å²) >= 11 is 2.07. The van der Waals surface area contributed by atoms with Gasteiger partial charge in [-0.05, 0) is 25.5 Å². The number of nitrogens with two attached hydrogens (primary N) is 1. The third kappa shape index (κ3) is 6.12. The Balaban J connectivity index is 0.00000169. The Hall–Kier alpha value is 0.560. The molecule has 1 aliphatic heterocycles. The SMILES string of the molecule is CC1CSCCN(CC(C)(C)N)C1.Cl. The zero-order chi connectivity index (χ0) is 9.90. The average Bonchev–Trinajstić information content (AvgIpc) is 2.10. The molecule has 0 aromatic carbocycles. The van der Waals surface area contributed by atoms with E-state index in [1.807, 2.05) is 0 Å². The van der Waals surface area contributed by atoms with Gasteiger partial charge in [0.2, 0.25) is 0 Å². The first-order valence-electron chi connectivity index (χ1n) is 5.06. The Morgan fingerprint density at radius 2 is 2.14 bits per heavy atom. The van der Waals surface area contributed by atoms with Gasteiger partial charge < -0.3 is 10.6 Å². The molecule has 1 saturated heterocycles. The molecule has 0 aromatic rings. The number of nitrogens with zero attached hydrogens (tertiary/aromatic N) is 1. The fraction of sp³-hybridized carbons (Fsp3) is 1.00. The minimum absolute atomic E-state index is 0. The van der Waals surface area contributed by atoms with Crippen molar-refractivity contribution in [3.63, 3.8) is 0 Å². The molecule has 2 nitrogen and oxygen atoms in total. The van der Waals surface area contributed by atoms with Gasteiger partial charge in [0.1, 0.15) is 0 Å². The largest absolute Gasteiger partial charge is 0.324 e. The molecule has 1 atom stereocenters. The maximum absolute atomic E-state index is 6.01. The Bertz CT molecular complexity index is 159. The van der Waals surface area contributed by atoms with Crippen molar-refractivity contribution in [2.45, 2.75) is 26.3 Å². The zero-order valence-corrected chi connectivity index (χ0v) is 11.1. The van der Waals surface area contributed by atoms with Crippen molar-refractivity contribution in [1.29, 1.82) is 0 Å². The molecule has 1 rings (SSSR count). The van der Waals surface area contributed by atoms with Crippen LogP contribution in [0.2, 0.25) is 0 Å². The Labute approximate surface area is 98.4 Å². The Kier molecular flexibility index (Phi) is 6.46. The lowest BCUT2D eigenvalue weighted by atomic mass is 10.1. The highest BCUT2D eigenvalue weighted by molar-refractivity contribution is 7.99. The van der Waals surface area contributed by atoms with E-state index in [4.69, 9.17) is 5.73 Å². The van der Waals surface area contributed by atoms with Gasteiger partial charge in [-0.3, -0.25) is 0 Å². The van der Waals surface area contributed by atoms with E-state index < -0.39 is 0 Å². The summed E-state index contributed by atoms with van der Waals surface area (Å²) in [5, 5.41) is 0. The van der Waals surface area contributed by atoms with Gasteiger partial charge in [0.25, 0.3) is 0 Å². The normalized spacial score (nSPS) is 25.3. The fourth-order valence-corrected chi connectivity index (χ4v) is 2.84. The second kappa shape index (κ2) is 6.21. The lowest BCUT2D eigenvalue weighted by Crippen LogP contribution is -2.46. The number of hydrogen-bond acceptors (Lipinski definition) is 3. The summed E-state index contributed by atoms with van der Waals surface area (Å²) in [6.45, 7) is 9.99. The van der Waals surface area contributed by atoms with E-state index in [1.54, 1.807) is 0 Å². The van der Waals surface area contributed by atoms with Gasteiger partial charge in [0.15, 0.2) is 0 Å². The third-order valence-corrected chi connectivity index (χ3v) is 3.43. The topological polar surface area (TPSA) is 29.3 Å². The van der Waals surface area contributed by atoms with E-state index in [-0.39, 0.29) is 17.9 Å². The number of hydrogen-bond donors (Lipinski definition) is 1. The molecule has 1 aliphatic rings. The number of thioether (sulfide) groups is 1. The van der Waals surface area contributed by atoms with E-state index in [9.17, 15) is 0 Å². The van der Waals surface area contributed by atoms with Crippen LogP contribution in [0.1, 0.15) is 20.8 Å². The minimum Gasteiger partial charge on any atom is -0.324 e. The van der Waals surface area contributed by atoms with Crippen LogP contribution in [0.3, 0.4) is 0 Å². The molecule has 0 spiro atoms. The lowest BCUT2D eigenvalue weighted by molar-refractivity contribution is 0.220. The summed E-state index contributed by atoms with van der Waals surface area (Å²) in [5.74, 6) is 3.39. The van der Waals surface area contributed by atoms with Crippen LogP contribution in [0.4, 0.5) is 0 Å². The van der Waals surface area contributed by atoms with Crippen LogP contribution in [0.5, 0.6) is 0 Å². The average molecular weight is 239 g/mol. The van der Waals surface area contributed by atoms with Crippen molar-refractivity contribution in [2.24, 2.45) is 11.7 Å². The van der Waals surface area contributed by atoms with Crippen molar-refractivity contribution in [2.75, 3.05) is 31.1 Å². The first-order chi connectivity index (χ1) is 5.97. The van der Waals surface area contributed by atoms with E-state index in [2.05, 4.69) is 37.4 Å². The molecule has 4 heteroatoms. The van der Waals surface area contributed by atoms with Crippen molar-refractivity contribution in [3.05, 3.63) is 0 Å². The highest BCUT2D eigenvalue weighted by Gasteiger charge is 2.20. The van der Waals surface area contributed by atoms with E-state index in [0.29, 0.717) is 0 Å². The summed E-state index contributed by atoms with van der Waals surface area (Å²) in [4.78, 5) is 2.50. The van der Waals surface area contributed by atoms with Crippen LogP contribution < -0.4 is 5.73 Å². The van der Waals surface area contributed by atoms with Crippen LogP contribution in [0.25, 0.3) is 0 Å². The second-order valence-corrected chi connectivity index (χ2v) is 6.05. The standard InChI is InChI=1S/C10H22N2S.ClH/c1-9-6-12(4-5-13-7-9)8-10(2,3)11;/h9H,4-8,11H2,1-3H3;1H. The van der Waals surface area contributed by atoms with Gasteiger partial charge in [0.05, 0.1) is 0 Å². The maximum Gasteiger partial charge on any atom is 0.0226 e. The van der Waals surface area contributed by atoms with Gasteiger partial charge in [-0.2, -0.15) is 11.8 Å². The Morgan fingerprint density at radius 3 is 2.71 bits per heavy atom. The molecule has 0 aliphatic carbocycles. The molecule has 2 N–H and O–H groups in total. The second-order valence-electron chi connectivity index (χ2n) is 4.90. The van der Waals surface area contributed by atoms with Crippen LogP contribution in [0.15, 0.2) is 0 Å². The molecular weight excluding hydrogens is 216 g/mol. The first-order valence-corrected chi connectivity index (χ1v) is 6.22. The van der Waals surface area contributed by atoms with Gasteiger partial charge in [-0.25, -0.2) is 0 Å². The van der Waals surface area contributed by atoms with Crippen molar-refractivity contribution in [3.8, 4) is 0 Å². The molecule has 0 aromatic heterocycles. The fourth-order valence-electron chi connectivity index (χ4n) is 1.78. The van der Waals surface area contributed by atoms with Crippen molar-refractivity contribution in [1.82, 2.24) is 4.90 Å². The third-order valence-electron chi connectivity index (χ3n) is 2.16. The number of rotatable bonds is 2. The lowest BCUT2D eigenvalue weighted by Gasteiger charge is -2.29. The van der Waals surface area contributed by atoms with E-state index in [0.717, 1.165) is 12.5 Å². The predicted octanol–water partition coefficient (Wildman–Crippen LogP) is 1.83. The highest BCUT2D eigenvalue weighted by atomic mass is 35.5. The highest BCUT2D eigenvalue weighted by Crippen LogP contribution is 2.16. The van der Waals surface area contributed by atoms with Gasteiger partial charge in [0, 0.05) is 30.9 Å². The van der Waals surface area contributed by atoms with Gasteiger partial charge >= 0.3 is 0 Å². The maximum atomic E-state index is 6.01. The van der Waals surface area contributed by atoms with Crippen LogP contribution in [0, 0.1) is 5.92 Å². The molecular formula is C10H23ClN2S. The molecule has 14 heavy (non-hydrogen) atoms. The van der Waals surface area contributed by atoms with Crippen molar-refractivity contribution >= 4 is 24.2 Å². The summed E-state index contributed by atoms with van der Waals surface area (Å²) in [6, 6.07) is 0. The Morgan fingerprint density at radius 1 is 1.50 bits per heavy atom. The zero-order valence-electron chi connectivity index (χ0n) is 9.45. The molecule has 86 valence electrons. The molecule has 1 fully saturated rings. The molecule has 0 amide bonds. The smallest absolute Gasteiger partial charge is 0.0226 e. The molecule has 0 radical (unpaired) electrons. The first kappa shape index (κ1) is 14.6. The molecule has 0 saturated carbocycles. The number of halogens is 1. The quantitative estimate of drug-likeness (QED) is 0.796. The summed E-state index contributed by atoms with van der Waals surface area (Å²) in [5.41, 5.74) is 5.97. The predicted molar refractivity (Wildman–Crippen MR) is 68.4 cm³/mol. The van der Waals surface area contributed by atoms with Crippen molar-refractivity contribution < 1.29 is 0 Å². The summed E-state index contributed by atoms with van der Waals surface area (Å²) in [6.07, 6.45) is 0. The molecule has 0 bridgehead atoms. The van der Waals surface area contributed by atoms with Crippen LogP contribution in [-0.4, -0.2) is 41.6 Å². The molecule has 1 unspecified atom stereocenters. The van der Waals surface area contributed by atoms with E-state index >= 15 is 0 Å². The minimum atomic E-state index is -0.0469. The van der Waals surface area contributed by atoms with Gasteiger partial charge in [-0.1, -0.05) is 6.92 Å². The van der Waals surface area contributed by atoms with Crippen LogP contribution >= 0.6 is 24.2 Å². The van der Waals surface area contributed by atoms with Crippen LogP contribution in [-0.2, 0) is 0 Å². The van der Waals surface area contributed by atoms with E-state index in [1.165, 1.54) is 24.6 Å². The molecule has 1 heterocycles. The summed E-state index contributed by atoms with van der Waals surface area (Å²) < 4.78 is 0.